The molecule has 0 atom stereocenters. The van der Waals surface area contributed by atoms with E-state index in [-0.39, 0.29) is 11.7 Å². The number of carbonyl (C=O) groups excluding carboxylic acids is 1. The predicted molar refractivity (Wildman–Crippen MR) is 88.7 cm³/mol. The van der Waals surface area contributed by atoms with Gasteiger partial charge in [0.2, 0.25) is 0 Å². The summed E-state index contributed by atoms with van der Waals surface area (Å²) in [6, 6.07) is 13.2. The van der Waals surface area contributed by atoms with Crippen molar-refractivity contribution >= 4 is 46.2 Å². The van der Waals surface area contributed by atoms with E-state index in [4.69, 9.17) is 11.6 Å². The van der Waals surface area contributed by atoms with Crippen molar-refractivity contribution in [2.75, 3.05) is 0 Å². The van der Waals surface area contributed by atoms with Crippen LogP contribution in [0.4, 0.5) is 10.1 Å². The number of hydrogen-bond donors (Lipinski definition) is 1. The van der Waals surface area contributed by atoms with Gasteiger partial charge in [0, 0.05) is 10.6 Å². The van der Waals surface area contributed by atoms with Crippen molar-refractivity contribution in [1.82, 2.24) is 5.32 Å². The van der Waals surface area contributed by atoms with Crippen LogP contribution in [0.2, 0.25) is 5.02 Å². The Balaban J connectivity index is 1.84. The number of carbonyl (C=O) groups is 1. The third kappa shape index (κ3) is 3.37. The minimum absolute atomic E-state index is 0.291. The molecule has 1 amide bonds. The van der Waals surface area contributed by atoms with Crippen molar-refractivity contribution in [3.05, 3.63) is 69.8 Å². The molecule has 0 spiro atoms. The fraction of sp³-hybridized carbons (Fsp3) is 0. The smallest absolute Gasteiger partial charge is 0.264 e. The normalized spacial score (nSPS) is 18.0. The molecule has 1 N–H and O–H groups in total. The number of benzene rings is 2. The second-order valence-corrected chi connectivity index (χ2v) is 5.95. The van der Waals surface area contributed by atoms with Crippen LogP contribution in [0.5, 0.6) is 0 Å². The van der Waals surface area contributed by atoms with Gasteiger partial charge < -0.3 is 5.32 Å². The fourth-order valence-electron chi connectivity index (χ4n) is 1.85. The van der Waals surface area contributed by atoms with Crippen molar-refractivity contribution in [3.63, 3.8) is 0 Å². The number of rotatable bonds is 2. The minimum Gasteiger partial charge on any atom is -0.300 e. The first-order valence-corrected chi connectivity index (χ1v) is 7.61. The van der Waals surface area contributed by atoms with Gasteiger partial charge in [-0.3, -0.25) is 4.79 Å². The molecular formula is C16H10ClFN2OS. The molecule has 1 fully saturated rings. The number of aliphatic imine (C=N–C) groups is 1. The van der Waals surface area contributed by atoms with E-state index >= 15 is 0 Å². The highest BCUT2D eigenvalue weighted by atomic mass is 35.5. The molecular weight excluding hydrogens is 323 g/mol. The summed E-state index contributed by atoms with van der Waals surface area (Å²) in [6.07, 6.45) is 1.51. The number of hydrogen-bond acceptors (Lipinski definition) is 3. The largest absolute Gasteiger partial charge is 0.300 e. The van der Waals surface area contributed by atoms with Gasteiger partial charge in [0.05, 0.1) is 10.6 Å². The third-order valence-electron chi connectivity index (χ3n) is 2.90. The highest BCUT2D eigenvalue weighted by Crippen LogP contribution is 2.28. The average molecular weight is 333 g/mol. The Kier molecular flexibility index (Phi) is 4.27. The van der Waals surface area contributed by atoms with E-state index in [0.717, 1.165) is 0 Å². The Bertz CT molecular complexity index is 787. The molecule has 110 valence electrons. The van der Waals surface area contributed by atoms with Crippen LogP contribution in [-0.2, 0) is 4.79 Å². The molecule has 3 rings (SSSR count). The number of amides is 1. The molecule has 0 unspecified atom stereocenters. The van der Waals surface area contributed by atoms with Gasteiger partial charge in [-0.1, -0.05) is 29.8 Å². The van der Waals surface area contributed by atoms with Crippen LogP contribution in [0.3, 0.4) is 0 Å². The van der Waals surface area contributed by atoms with E-state index in [2.05, 4.69) is 10.3 Å². The van der Waals surface area contributed by atoms with E-state index in [9.17, 15) is 9.18 Å². The molecule has 0 bridgehead atoms. The van der Waals surface area contributed by atoms with Gasteiger partial charge in [-0.15, -0.1) is 0 Å². The van der Waals surface area contributed by atoms with E-state index in [1.165, 1.54) is 23.9 Å². The summed E-state index contributed by atoms with van der Waals surface area (Å²) in [5.74, 6) is -0.660. The molecule has 1 heterocycles. The van der Waals surface area contributed by atoms with E-state index < -0.39 is 0 Å². The molecule has 1 aliphatic heterocycles. The van der Waals surface area contributed by atoms with Gasteiger partial charge in [-0.05, 0) is 48.2 Å². The van der Waals surface area contributed by atoms with E-state index in [1.54, 1.807) is 42.5 Å². The minimum atomic E-state index is -0.369. The fourth-order valence-corrected chi connectivity index (χ4v) is 2.81. The molecule has 1 saturated heterocycles. The Morgan fingerprint density at radius 3 is 2.59 bits per heavy atom. The number of amidine groups is 1. The van der Waals surface area contributed by atoms with Crippen molar-refractivity contribution in [2.45, 2.75) is 0 Å². The Labute approximate surface area is 135 Å². The summed E-state index contributed by atoms with van der Waals surface area (Å²) in [4.78, 5) is 16.6. The molecule has 2 aromatic carbocycles. The first-order valence-electron chi connectivity index (χ1n) is 6.41. The van der Waals surface area contributed by atoms with Crippen molar-refractivity contribution in [2.24, 2.45) is 4.99 Å². The lowest BCUT2D eigenvalue weighted by molar-refractivity contribution is -0.115. The van der Waals surface area contributed by atoms with Gasteiger partial charge in [0.25, 0.3) is 5.91 Å². The third-order valence-corrected chi connectivity index (χ3v) is 4.06. The number of nitrogens with one attached hydrogen (secondary N) is 1. The van der Waals surface area contributed by atoms with Crippen molar-refractivity contribution in [1.29, 1.82) is 0 Å². The lowest BCUT2D eigenvalue weighted by Gasteiger charge is -1.97. The lowest BCUT2D eigenvalue weighted by atomic mass is 10.2. The molecule has 0 saturated carbocycles. The Morgan fingerprint density at radius 2 is 1.86 bits per heavy atom. The molecule has 0 aliphatic carbocycles. The van der Waals surface area contributed by atoms with Gasteiger partial charge in [0.15, 0.2) is 5.17 Å². The Morgan fingerprint density at radius 1 is 1.14 bits per heavy atom. The topological polar surface area (TPSA) is 41.5 Å². The standard InChI is InChI=1S/C16H10ClFN2OS/c17-11-5-7-12(8-6-11)19-16-20-15(21)14(22-16)9-10-3-1-2-4-13(10)18/h1-9H,(H,19,20,21). The molecule has 3 nitrogen and oxygen atoms in total. The predicted octanol–water partition coefficient (Wildman–Crippen LogP) is 4.37. The van der Waals surface area contributed by atoms with Crippen LogP contribution in [0, 0.1) is 5.82 Å². The maximum atomic E-state index is 13.6. The molecule has 1 aliphatic rings. The lowest BCUT2D eigenvalue weighted by Crippen LogP contribution is -2.19. The molecule has 22 heavy (non-hydrogen) atoms. The van der Waals surface area contributed by atoms with Crippen LogP contribution in [0.1, 0.15) is 5.56 Å². The molecule has 2 aromatic rings. The number of nitrogens with zero attached hydrogens (tertiary/aromatic N) is 1. The second-order valence-electron chi connectivity index (χ2n) is 4.48. The first kappa shape index (κ1) is 14.8. The Hall–Kier alpha value is -2.11. The first-order chi connectivity index (χ1) is 10.6. The number of thioether (sulfide) groups is 1. The summed E-state index contributed by atoms with van der Waals surface area (Å²) in [5, 5.41) is 3.73. The van der Waals surface area contributed by atoms with Crippen LogP contribution >= 0.6 is 23.4 Å². The summed E-state index contributed by atoms with van der Waals surface area (Å²) in [6.45, 7) is 0. The molecule has 0 aromatic heterocycles. The SMILES string of the molecule is O=C1NC(=Nc2ccc(Cl)cc2)SC1=Cc1ccccc1F. The van der Waals surface area contributed by atoms with Gasteiger partial charge in [0.1, 0.15) is 5.82 Å². The highest BCUT2D eigenvalue weighted by Gasteiger charge is 2.24. The highest BCUT2D eigenvalue weighted by molar-refractivity contribution is 8.18. The summed E-state index contributed by atoms with van der Waals surface area (Å²) < 4.78 is 13.6. The van der Waals surface area contributed by atoms with E-state index in [1.807, 2.05) is 0 Å². The zero-order valence-electron chi connectivity index (χ0n) is 11.2. The average Bonchev–Trinajstić information content (AvgIpc) is 2.84. The molecule has 0 radical (unpaired) electrons. The van der Waals surface area contributed by atoms with Crippen LogP contribution in [-0.4, -0.2) is 11.1 Å². The van der Waals surface area contributed by atoms with Gasteiger partial charge in [-0.25, -0.2) is 9.38 Å². The summed E-state index contributed by atoms with van der Waals surface area (Å²) in [7, 11) is 0. The van der Waals surface area contributed by atoms with Gasteiger partial charge in [-0.2, -0.15) is 0 Å². The van der Waals surface area contributed by atoms with Crippen molar-refractivity contribution < 1.29 is 9.18 Å². The summed E-state index contributed by atoms with van der Waals surface area (Å²) >= 11 is 6.98. The zero-order chi connectivity index (χ0) is 15.5. The number of halogens is 2. The van der Waals surface area contributed by atoms with Gasteiger partial charge >= 0.3 is 0 Å². The quantitative estimate of drug-likeness (QED) is 0.830. The maximum Gasteiger partial charge on any atom is 0.264 e. The van der Waals surface area contributed by atoms with Crippen LogP contribution in [0.25, 0.3) is 6.08 Å². The second kappa shape index (κ2) is 6.34. The summed E-state index contributed by atoms with van der Waals surface area (Å²) in [5.41, 5.74) is 1.05. The van der Waals surface area contributed by atoms with Crippen LogP contribution < -0.4 is 5.32 Å². The monoisotopic (exact) mass is 332 g/mol. The van der Waals surface area contributed by atoms with Crippen LogP contribution in [0.15, 0.2) is 58.4 Å². The van der Waals surface area contributed by atoms with Crippen molar-refractivity contribution in [3.8, 4) is 0 Å². The zero-order valence-corrected chi connectivity index (χ0v) is 12.8. The maximum absolute atomic E-state index is 13.6. The molecule has 6 heteroatoms. The van der Waals surface area contributed by atoms with E-state index in [0.29, 0.717) is 26.3 Å².